The third-order valence-corrected chi connectivity index (χ3v) is 3.22. The number of rotatable bonds is 5. The molecule has 1 saturated heterocycles. The zero-order valence-electron chi connectivity index (χ0n) is 11.5. The Morgan fingerprint density at radius 2 is 1.95 bits per heavy atom. The molecule has 0 aromatic heterocycles. The van der Waals surface area contributed by atoms with Gasteiger partial charge in [-0.05, 0) is 39.9 Å². The van der Waals surface area contributed by atoms with Crippen LogP contribution in [0.4, 0.5) is 4.79 Å². The molecule has 1 rings (SSSR count). The fraction of sp³-hybridized carbons (Fsp3) is 0.833. The lowest BCUT2D eigenvalue weighted by Crippen LogP contribution is -2.50. The van der Waals surface area contributed by atoms with Crippen LogP contribution in [0.1, 0.15) is 26.2 Å². The van der Waals surface area contributed by atoms with Crippen LogP contribution in [0.25, 0.3) is 0 Å². The maximum atomic E-state index is 11.6. The van der Waals surface area contributed by atoms with E-state index in [1.807, 2.05) is 7.05 Å². The number of hydrogen-bond donors (Lipinski definition) is 4. The first-order valence-electron chi connectivity index (χ1n) is 6.45. The van der Waals surface area contributed by atoms with Crippen LogP contribution in [0.5, 0.6) is 0 Å². The van der Waals surface area contributed by atoms with Crippen molar-refractivity contribution < 1.29 is 19.8 Å². The molecule has 0 aromatic carbocycles. The average molecular weight is 273 g/mol. The highest BCUT2D eigenvalue weighted by Gasteiger charge is 2.25. The van der Waals surface area contributed by atoms with Crippen molar-refractivity contribution in [1.29, 1.82) is 0 Å². The molecular formula is C12H23N3O4. The Labute approximate surface area is 113 Å². The number of carbonyl (C=O) groups excluding carboxylic acids is 1. The van der Waals surface area contributed by atoms with Crippen LogP contribution in [0.2, 0.25) is 0 Å². The Morgan fingerprint density at radius 3 is 2.47 bits per heavy atom. The molecule has 1 aliphatic rings. The first kappa shape index (κ1) is 15.7. The van der Waals surface area contributed by atoms with E-state index in [1.165, 1.54) is 6.92 Å². The molecule has 1 aliphatic heterocycles. The third kappa shape index (κ3) is 6.40. The highest BCUT2D eigenvalue weighted by molar-refractivity contribution is 5.74. The van der Waals surface area contributed by atoms with Crippen LogP contribution >= 0.6 is 0 Å². The number of hydrogen-bond acceptors (Lipinski definition) is 4. The van der Waals surface area contributed by atoms with Gasteiger partial charge in [-0.1, -0.05) is 0 Å². The van der Waals surface area contributed by atoms with Gasteiger partial charge in [-0.15, -0.1) is 0 Å². The number of piperidine rings is 1. The predicted molar refractivity (Wildman–Crippen MR) is 69.9 cm³/mol. The van der Waals surface area contributed by atoms with Crippen molar-refractivity contribution in [3.05, 3.63) is 0 Å². The molecule has 4 N–H and O–H groups in total. The van der Waals surface area contributed by atoms with Crippen molar-refractivity contribution in [2.75, 3.05) is 26.7 Å². The van der Waals surface area contributed by atoms with Crippen LogP contribution in [0, 0.1) is 0 Å². The number of carbonyl (C=O) groups is 2. The Kier molecular flexibility index (Phi) is 5.56. The Bertz CT molecular complexity index is 325. The van der Waals surface area contributed by atoms with Crippen LogP contribution < -0.4 is 10.6 Å². The Hall–Kier alpha value is -1.34. The normalized spacial score (nSPS) is 20.6. The van der Waals surface area contributed by atoms with E-state index in [4.69, 9.17) is 5.11 Å². The lowest BCUT2D eigenvalue weighted by atomic mass is 10.0. The van der Waals surface area contributed by atoms with Gasteiger partial charge in [-0.2, -0.15) is 0 Å². The van der Waals surface area contributed by atoms with Crippen molar-refractivity contribution in [3.8, 4) is 0 Å². The second-order valence-corrected chi connectivity index (χ2v) is 5.47. The van der Waals surface area contributed by atoms with E-state index in [9.17, 15) is 14.7 Å². The summed E-state index contributed by atoms with van der Waals surface area (Å²) >= 11 is 0. The molecule has 0 spiro atoms. The number of nitrogens with zero attached hydrogens (tertiary/aromatic N) is 1. The van der Waals surface area contributed by atoms with E-state index in [0.717, 1.165) is 25.9 Å². The highest BCUT2D eigenvalue weighted by atomic mass is 16.4. The van der Waals surface area contributed by atoms with Crippen molar-refractivity contribution in [1.82, 2.24) is 15.5 Å². The third-order valence-electron chi connectivity index (χ3n) is 3.22. The van der Waals surface area contributed by atoms with Crippen molar-refractivity contribution in [2.45, 2.75) is 37.8 Å². The van der Waals surface area contributed by atoms with Gasteiger partial charge in [-0.25, -0.2) is 4.79 Å². The average Bonchev–Trinajstić information content (AvgIpc) is 2.28. The summed E-state index contributed by atoms with van der Waals surface area (Å²) in [6, 6.07) is -0.221. The maximum Gasteiger partial charge on any atom is 0.315 e. The molecule has 0 aromatic rings. The minimum absolute atomic E-state index is 0.0856. The molecule has 19 heavy (non-hydrogen) atoms. The molecule has 7 nitrogen and oxygen atoms in total. The van der Waals surface area contributed by atoms with Gasteiger partial charge in [0.1, 0.15) is 0 Å². The number of urea groups is 1. The molecule has 1 atom stereocenters. The van der Waals surface area contributed by atoms with Crippen molar-refractivity contribution in [3.63, 3.8) is 0 Å². The van der Waals surface area contributed by atoms with E-state index in [1.54, 1.807) is 0 Å². The molecule has 1 heterocycles. The van der Waals surface area contributed by atoms with Crippen LogP contribution in [-0.2, 0) is 4.79 Å². The maximum absolute atomic E-state index is 11.6. The lowest BCUT2D eigenvalue weighted by molar-refractivity contribution is -0.141. The molecule has 110 valence electrons. The molecular weight excluding hydrogens is 250 g/mol. The monoisotopic (exact) mass is 273 g/mol. The molecule has 0 radical (unpaired) electrons. The summed E-state index contributed by atoms with van der Waals surface area (Å²) in [6.07, 6.45) is 1.40. The van der Waals surface area contributed by atoms with Crippen molar-refractivity contribution in [2.24, 2.45) is 0 Å². The van der Waals surface area contributed by atoms with E-state index in [-0.39, 0.29) is 18.6 Å². The van der Waals surface area contributed by atoms with Gasteiger partial charge in [0.25, 0.3) is 0 Å². The van der Waals surface area contributed by atoms with Crippen LogP contribution in [-0.4, -0.2) is 65.4 Å². The zero-order chi connectivity index (χ0) is 14.5. The first-order valence-corrected chi connectivity index (χ1v) is 6.45. The van der Waals surface area contributed by atoms with Crippen LogP contribution in [0.3, 0.4) is 0 Å². The summed E-state index contributed by atoms with van der Waals surface area (Å²) in [4.78, 5) is 24.3. The van der Waals surface area contributed by atoms with E-state index < -0.39 is 18.0 Å². The summed E-state index contributed by atoms with van der Waals surface area (Å²) in [7, 11) is 2.04. The summed E-state index contributed by atoms with van der Waals surface area (Å²) in [5.41, 5.74) is -1.43. The fourth-order valence-corrected chi connectivity index (χ4v) is 2.05. The van der Waals surface area contributed by atoms with Gasteiger partial charge >= 0.3 is 12.0 Å². The van der Waals surface area contributed by atoms with Crippen molar-refractivity contribution >= 4 is 12.0 Å². The number of amides is 2. The highest BCUT2D eigenvalue weighted by Crippen LogP contribution is 2.09. The number of likely N-dealkylation sites (tertiary alicyclic amines) is 1. The largest absolute Gasteiger partial charge is 0.481 e. The molecule has 1 unspecified atom stereocenters. The minimum atomic E-state index is -1.43. The van der Waals surface area contributed by atoms with Gasteiger partial charge in [0.2, 0.25) is 0 Å². The number of carboxylic acid groups (broad SMARTS) is 1. The molecule has 2 amide bonds. The Balaban J connectivity index is 2.26. The molecule has 0 bridgehead atoms. The summed E-state index contributed by atoms with van der Waals surface area (Å²) < 4.78 is 0. The van der Waals surface area contributed by atoms with Gasteiger partial charge in [-0.3, -0.25) is 4.79 Å². The number of aliphatic hydroxyl groups is 1. The predicted octanol–water partition coefficient (Wildman–Crippen LogP) is -0.394. The number of carboxylic acids is 1. The minimum Gasteiger partial charge on any atom is -0.481 e. The smallest absolute Gasteiger partial charge is 0.315 e. The molecule has 7 heteroatoms. The van der Waals surface area contributed by atoms with Gasteiger partial charge in [0.15, 0.2) is 0 Å². The fourth-order valence-electron chi connectivity index (χ4n) is 2.05. The second-order valence-electron chi connectivity index (χ2n) is 5.47. The molecule has 0 saturated carbocycles. The first-order chi connectivity index (χ1) is 8.78. The topological polar surface area (TPSA) is 102 Å². The Morgan fingerprint density at radius 1 is 1.37 bits per heavy atom. The van der Waals surface area contributed by atoms with Gasteiger partial charge in [0.05, 0.1) is 12.0 Å². The standard InChI is InChI=1S/C12H23N3O4/c1-12(19,7-10(16)17)8-13-11(18)14-9-3-5-15(2)6-4-9/h9,19H,3-8H2,1-2H3,(H,16,17)(H2,13,14,18). The van der Waals surface area contributed by atoms with E-state index in [0.29, 0.717) is 0 Å². The SMILES string of the molecule is CN1CCC(NC(=O)NCC(C)(O)CC(=O)O)CC1. The van der Waals surface area contributed by atoms with Gasteiger partial charge < -0.3 is 25.7 Å². The van der Waals surface area contributed by atoms with E-state index >= 15 is 0 Å². The molecule has 0 aliphatic carbocycles. The summed E-state index contributed by atoms with van der Waals surface area (Å²) in [6.45, 7) is 3.19. The molecule has 1 fully saturated rings. The summed E-state index contributed by atoms with van der Waals surface area (Å²) in [5.74, 6) is -1.09. The number of nitrogens with one attached hydrogen (secondary N) is 2. The van der Waals surface area contributed by atoms with Crippen LogP contribution in [0.15, 0.2) is 0 Å². The zero-order valence-corrected chi connectivity index (χ0v) is 11.5. The summed E-state index contributed by atoms with van der Waals surface area (Å²) in [5, 5.41) is 23.7. The quantitative estimate of drug-likeness (QED) is 0.546. The van der Waals surface area contributed by atoms with Gasteiger partial charge in [0, 0.05) is 12.6 Å². The lowest BCUT2D eigenvalue weighted by Gasteiger charge is -2.30. The second kappa shape index (κ2) is 6.72. The number of aliphatic carboxylic acids is 1. The van der Waals surface area contributed by atoms with E-state index in [2.05, 4.69) is 15.5 Å².